The van der Waals surface area contributed by atoms with Crippen molar-refractivity contribution in [3.63, 3.8) is 0 Å². The molecule has 1 nitrogen and oxygen atoms in total. The van der Waals surface area contributed by atoms with E-state index in [0.29, 0.717) is 0 Å². The van der Waals surface area contributed by atoms with Crippen LogP contribution in [-0.2, 0) is 0 Å². The summed E-state index contributed by atoms with van der Waals surface area (Å²) in [6.45, 7) is 0. The first-order chi connectivity index (χ1) is 3.43. The summed E-state index contributed by atoms with van der Waals surface area (Å²) in [5, 5.41) is 5.24. The molecule has 7 heavy (non-hydrogen) atoms. The van der Waals surface area contributed by atoms with Gasteiger partial charge in [0.25, 0.3) is 0 Å². The summed E-state index contributed by atoms with van der Waals surface area (Å²) < 4.78 is 0. The van der Waals surface area contributed by atoms with Crippen LogP contribution >= 0.6 is 11.9 Å². The molecule has 2 N–H and O–H groups in total. The smallest absolute Gasteiger partial charge is 0.00387 e. The zero-order chi connectivity index (χ0) is 5.11. The molecule has 0 spiro atoms. The van der Waals surface area contributed by atoms with Crippen LogP contribution in [0.1, 0.15) is 6.42 Å². The lowest BCUT2D eigenvalue weighted by molar-refractivity contribution is 1.41. The van der Waals surface area contributed by atoms with Gasteiger partial charge in [0.2, 0.25) is 0 Å². The van der Waals surface area contributed by atoms with Gasteiger partial charge in [-0.3, -0.25) is 5.14 Å². The Kier molecular flexibility index (Phi) is 1.54. The third-order valence-electron chi connectivity index (χ3n) is 0.889. The number of rotatable bonds is 1. The fraction of sp³-hybridized carbons (Fsp3) is 0.200. The molecule has 0 fully saturated rings. The van der Waals surface area contributed by atoms with Gasteiger partial charge >= 0.3 is 0 Å². The lowest BCUT2D eigenvalue weighted by Crippen LogP contribution is -1.76. The van der Waals surface area contributed by atoms with Crippen LogP contribution < -0.4 is 5.14 Å². The predicted molar refractivity (Wildman–Crippen MR) is 33.6 cm³/mol. The van der Waals surface area contributed by atoms with Crippen LogP contribution in [-0.4, -0.2) is 0 Å². The van der Waals surface area contributed by atoms with Gasteiger partial charge in [-0.2, -0.15) is 0 Å². The van der Waals surface area contributed by atoms with Gasteiger partial charge in [-0.25, -0.2) is 0 Å². The normalized spacial score (nSPS) is 17.6. The van der Waals surface area contributed by atoms with Crippen molar-refractivity contribution in [3.8, 4) is 0 Å². The van der Waals surface area contributed by atoms with Crippen LogP contribution in [0.15, 0.2) is 23.1 Å². The molecular formula is C5H7NS. The lowest BCUT2D eigenvalue weighted by Gasteiger charge is -1.87. The highest BCUT2D eigenvalue weighted by atomic mass is 32.2. The first-order valence-electron chi connectivity index (χ1n) is 2.16. The van der Waals surface area contributed by atoms with Crippen LogP contribution in [0.25, 0.3) is 0 Å². The van der Waals surface area contributed by atoms with Gasteiger partial charge < -0.3 is 0 Å². The van der Waals surface area contributed by atoms with Crippen LogP contribution in [0, 0.1) is 0 Å². The summed E-state index contributed by atoms with van der Waals surface area (Å²) >= 11 is 1.33. The van der Waals surface area contributed by atoms with E-state index < -0.39 is 0 Å². The van der Waals surface area contributed by atoms with E-state index in [2.05, 4.69) is 6.08 Å². The third-order valence-corrected chi connectivity index (χ3v) is 1.49. The zero-order valence-corrected chi connectivity index (χ0v) is 4.74. The SMILES string of the molecule is NSC1=CC=CC1. The summed E-state index contributed by atoms with van der Waals surface area (Å²) in [5.74, 6) is 0. The Bertz CT molecular complexity index is 115. The topological polar surface area (TPSA) is 26.0 Å². The van der Waals surface area contributed by atoms with Crippen molar-refractivity contribution in [2.24, 2.45) is 5.14 Å². The Morgan fingerprint density at radius 3 is 2.86 bits per heavy atom. The Hall–Kier alpha value is -0.210. The minimum Gasteiger partial charge on any atom is -0.274 e. The van der Waals surface area contributed by atoms with Crippen molar-refractivity contribution in [1.29, 1.82) is 0 Å². The summed E-state index contributed by atoms with van der Waals surface area (Å²) in [5.41, 5.74) is 0. The quantitative estimate of drug-likeness (QED) is 0.521. The highest BCUT2D eigenvalue weighted by Crippen LogP contribution is 2.17. The van der Waals surface area contributed by atoms with Crippen molar-refractivity contribution < 1.29 is 0 Å². The van der Waals surface area contributed by atoms with Crippen LogP contribution in [0.4, 0.5) is 0 Å². The number of allylic oxidation sites excluding steroid dienone is 4. The average molecular weight is 113 g/mol. The molecule has 1 aliphatic rings. The van der Waals surface area contributed by atoms with Crippen molar-refractivity contribution in [2.45, 2.75) is 6.42 Å². The predicted octanol–water partition coefficient (Wildman–Crippen LogP) is 1.44. The second-order valence-electron chi connectivity index (χ2n) is 1.38. The van der Waals surface area contributed by atoms with Crippen LogP contribution in [0.3, 0.4) is 0 Å². The molecule has 0 unspecified atom stereocenters. The molecule has 0 amide bonds. The molecule has 0 aromatic carbocycles. The molecule has 0 aliphatic heterocycles. The van der Waals surface area contributed by atoms with Crippen molar-refractivity contribution in [2.75, 3.05) is 0 Å². The van der Waals surface area contributed by atoms with Gasteiger partial charge in [0.05, 0.1) is 0 Å². The Morgan fingerprint density at radius 2 is 2.57 bits per heavy atom. The first kappa shape index (κ1) is 4.94. The number of hydrogen-bond donors (Lipinski definition) is 1. The molecule has 1 rings (SSSR count). The van der Waals surface area contributed by atoms with Crippen LogP contribution in [0.5, 0.6) is 0 Å². The van der Waals surface area contributed by atoms with Gasteiger partial charge in [-0.15, -0.1) is 0 Å². The molecule has 1 aliphatic carbocycles. The van der Waals surface area contributed by atoms with E-state index in [4.69, 9.17) is 5.14 Å². The fourth-order valence-electron chi connectivity index (χ4n) is 0.515. The van der Waals surface area contributed by atoms with E-state index in [9.17, 15) is 0 Å². The van der Waals surface area contributed by atoms with Gasteiger partial charge in [-0.1, -0.05) is 30.2 Å². The Balaban J connectivity index is 2.45. The fourth-order valence-corrected chi connectivity index (χ4v) is 0.865. The summed E-state index contributed by atoms with van der Waals surface area (Å²) in [4.78, 5) is 1.25. The zero-order valence-electron chi connectivity index (χ0n) is 3.92. The van der Waals surface area contributed by atoms with Crippen molar-refractivity contribution in [1.82, 2.24) is 0 Å². The number of nitrogens with two attached hydrogens (primary N) is 1. The molecule has 0 bridgehead atoms. The largest absolute Gasteiger partial charge is 0.274 e. The molecular weight excluding hydrogens is 106 g/mol. The molecule has 0 atom stereocenters. The lowest BCUT2D eigenvalue weighted by atomic mass is 10.5. The van der Waals surface area contributed by atoms with E-state index in [1.807, 2.05) is 12.2 Å². The van der Waals surface area contributed by atoms with Crippen molar-refractivity contribution >= 4 is 11.9 Å². The maximum absolute atomic E-state index is 5.24. The van der Waals surface area contributed by atoms with E-state index in [-0.39, 0.29) is 0 Å². The maximum atomic E-state index is 5.24. The standard InChI is InChI=1S/C5H7NS/c6-7-5-3-1-2-4-5/h1-3H,4,6H2. The van der Waals surface area contributed by atoms with E-state index in [1.54, 1.807) is 0 Å². The first-order valence-corrected chi connectivity index (χ1v) is 3.04. The van der Waals surface area contributed by atoms with Gasteiger partial charge in [0.15, 0.2) is 0 Å². The molecule has 0 saturated heterocycles. The minimum absolute atomic E-state index is 1.03. The molecule has 2 heteroatoms. The second kappa shape index (κ2) is 2.19. The average Bonchev–Trinajstić information content (AvgIpc) is 2.14. The van der Waals surface area contributed by atoms with Crippen LogP contribution in [0.2, 0.25) is 0 Å². The van der Waals surface area contributed by atoms with Gasteiger partial charge in [0, 0.05) is 4.91 Å². The maximum Gasteiger partial charge on any atom is 0.00387 e. The highest BCUT2D eigenvalue weighted by Gasteiger charge is 1.93. The minimum atomic E-state index is 1.03. The monoisotopic (exact) mass is 113 g/mol. The molecule has 0 radical (unpaired) electrons. The van der Waals surface area contributed by atoms with E-state index >= 15 is 0 Å². The van der Waals surface area contributed by atoms with Gasteiger partial charge in [0.1, 0.15) is 0 Å². The third kappa shape index (κ3) is 1.08. The van der Waals surface area contributed by atoms with E-state index in [1.165, 1.54) is 16.9 Å². The summed E-state index contributed by atoms with van der Waals surface area (Å²) in [7, 11) is 0. The Labute approximate surface area is 47.4 Å². The highest BCUT2D eigenvalue weighted by molar-refractivity contribution is 8.00. The van der Waals surface area contributed by atoms with E-state index in [0.717, 1.165) is 6.42 Å². The molecule has 0 saturated carbocycles. The van der Waals surface area contributed by atoms with Gasteiger partial charge in [-0.05, 0) is 6.42 Å². The second-order valence-corrected chi connectivity index (χ2v) is 2.14. The summed E-state index contributed by atoms with van der Waals surface area (Å²) in [6.07, 6.45) is 7.18. The number of hydrogen-bond acceptors (Lipinski definition) is 2. The molecule has 0 aromatic rings. The molecule has 0 aromatic heterocycles. The molecule has 38 valence electrons. The summed E-state index contributed by atoms with van der Waals surface area (Å²) in [6, 6.07) is 0. The van der Waals surface area contributed by atoms with Crippen molar-refractivity contribution in [3.05, 3.63) is 23.1 Å². The Morgan fingerprint density at radius 1 is 1.71 bits per heavy atom. The molecule has 0 heterocycles.